The van der Waals surface area contributed by atoms with Gasteiger partial charge in [0.15, 0.2) is 17.5 Å². The second-order valence-electron chi connectivity index (χ2n) is 5.26. The first-order chi connectivity index (χ1) is 10.6. The van der Waals surface area contributed by atoms with Crippen LogP contribution in [-0.4, -0.2) is 39.9 Å². The third-order valence-electron chi connectivity index (χ3n) is 3.01. The molecule has 0 bridgehead atoms. The van der Waals surface area contributed by atoms with Crippen LogP contribution in [0.5, 0.6) is 11.5 Å². The molecule has 0 spiro atoms. The van der Waals surface area contributed by atoms with E-state index in [9.17, 15) is 0 Å². The lowest BCUT2D eigenvalue weighted by Crippen LogP contribution is -2.23. The first-order valence-corrected chi connectivity index (χ1v) is 7.43. The Balaban J connectivity index is 0.00000484. The van der Waals surface area contributed by atoms with Gasteiger partial charge in [-0.05, 0) is 24.5 Å². The summed E-state index contributed by atoms with van der Waals surface area (Å²) in [5, 5.41) is 3.01. The largest absolute Gasteiger partial charge is 0.493 e. The highest BCUT2D eigenvalue weighted by Crippen LogP contribution is 2.29. The molecule has 1 aromatic carbocycles. The van der Waals surface area contributed by atoms with Gasteiger partial charge in [-0.2, -0.15) is 0 Å². The van der Waals surface area contributed by atoms with E-state index < -0.39 is 0 Å². The zero-order valence-electron chi connectivity index (χ0n) is 14.3. The molecular formula is C16H28IN3O3. The summed E-state index contributed by atoms with van der Waals surface area (Å²) < 4.78 is 15.9. The summed E-state index contributed by atoms with van der Waals surface area (Å²) in [5.74, 6) is 2.31. The molecule has 0 aliphatic rings. The van der Waals surface area contributed by atoms with E-state index in [2.05, 4.69) is 24.2 Å². The molecule has 6 nitrogen and oxygen atoms in total. The average Bonchev–Trinajstić information content (AvgIpc) is 2.50. The lowest BCUT2D eigenvalue weighted by Gasteiger charge is -2.11. The predicted octanol–water partition coefficient (Wildman–Crippen LogP) is 3.11. The minimum Gasteiger partial charge on any atom is -0.493 e. The fraction of sp³-hybridized carbons (Fsp3) is 0.562. The van der Waals surface area contributed by atoms with Crippen molar-refractivity contribution in [3.63, 3.8) is 0 Å². The Bertz CT molecular complexity index is 482. The van der Waals surface area contributed by atoms with Crippen LogP contribution in [0.15, 0.2) is 23.2 Å². The molecule has 0 aromatic heterocycles. The lowest BCUT2D eigenvalue weighted by atomic mass is 10.1. The van der Waals surface area contributed by atoms with Crippen LogP contribution < -0.4 is 20.5 Å². The summed E-state index contributed by atoms with van der Waals surface area (Å²) >= 11 is 0. The van der Waals surface area contributed by atoms with E-state index in [1.165, 1.54) is 0 Å². The number of hydrogen-bond acceptors (Lipinski definition) is 4. The predicted molar refractivity (Wildman–Crippen MR) is 105 cm³/mol. The van der Waals surface area contributed by atoms with Gasteiger partial charge < -0.3 is 25.3 Å². The van der Waals surface area contributed by atoms with Crippen molar-refractivity contribution < 1.29 is 14.2 Å². The third-order valence-corrected chi connectivity index (χ3v) is 3.01. The molecule has 23 heavy (non-hydrogen) atoms. The Morgan fingerprint density at radius 3 is 2.48 bits per heavy atom. The molecule has 0 unspecified atom stereocenters. The zero-order chi connectivity index (χ0) is 16.4. The van der Waals surface area contributed by atoms with Crippen LogP contribution in [0.1, 0.15) is 20.3 Å². The number of aliphatic imine (C=N–C) groups is 1. The van der Waals surface area contributed by atoms with Crippen LogP contribution in [0.4, 0.5) is 5.69 Å². The van der Waals surface area contributed by atoms with Crippen molar-refractivity contribution in [2.75, 3.05) is 39.3 Å². The fourth-order valence-corrected chi connectivity index (χ4v) is 1.75. The number of ether oxygens (including phenoxy) is 3. The van der Waals surface area contributed by atoms with Crippen LogP contribution in [0.25, 0.3) is 0 Å². The number of anilines is 1. The van der Waals surface area contributed by atoms with Gasteiger partial charge in [0, 0.05) is 18.4 Å². The van der Waals surface area contributed by atoms with E-state index in [0.29, 0.717) is 36.5 Å². The molecule has 7 heteroatoms. The van der Waals surface area contributed by atoms with E-state index >= 15 is 0 Å². The van der Waals surface area contributed by atoms with Crippen LogP contribution in [0, 0.1) is 5.92 Å². The summed E-state index contributed by atoms with van der Waals surface area (Å²) in [6.07, 6.45) is 1.06. The molecular weight excluding hydrogens is 409 g/mol. The second kappa shape index (κ2) is 12.2. The fourth-order valence-electron chi connectivity index (χ4n) is 1.75. The van der Waals surface area contributed by atoms with Crippen molar-refractivity contribution in [2.45, 2.75) is 20.3 Å². The number of nitrogens with two attached hydrogens (primary N) is 1. The standard InChI is InChI=1S/C16H27N3O3.HI/c1-12(2)7-9-22-10-8-18-16(17)19-13-5-6-14(20-3)15(11-13)21-4;/h5-6,11-12H,7-10H2,1-4H3,(H3,17,18,19);1H. The van der Waals surface area contributed by atoms with Crippen molar-refractivity contribution in [2.24, 2.45) is 16.6 Å². The van der Waals surface area contributed by atoms with E-state index in [1.807, 2.05) is 12.1 Å². The second-order valence-corrected chi connectivity index (χ2v) is 5.26. The van der Waals surface area contributed by atoms with Crippen molar-refractivity contribution in [1.29, 1.82) is 0 Å². The van der Waals surface area contributed by atoms with Crippen LogP contribution in [-0.2, 0) is 4.74 Å². The molecule has 0 atom stereocenters. The van der Waals surface area contributed by atoms with Gasteiger partial charge in [0.1, 0.15) is 0 Å². The summed E-state index contributed by atoms with van der Waals surface area (Å²) in [6, 6.07) is 5.46. The molecule has 3 N–H and O–H groups in total. The molecule has 0 amide bonds. The Hall–Kier alpha value is -1.22. The van der Waals surface area contributed by atoms with Gasteiger partial charge in [-0.15, -0.1) is 24.0 Å². The highest BCUT2D eigenvalue weighted by molar-refractivity contribution is 14.0. The highest BCUT2D eigenvalue weighted by Gasteiger charge is 2.04. The van der Waals surface area contributed by atoms with Gasteiger partial charge in [-0.25, -0.2) is 0 Å². The topological polar surface area (TPSA) is 78.1 Å². The number of nitrogens with zero attached hydrogens (tertiary/aromatic N) is 1. The molecule has 1 rings (SSSR count). The molecule has 0 aliphatic heterocycles. The molecule has 0 heterocycles. The van der Waals surface area contributed by atoms with Crippen LogP contribution in [0.3, 0.4) is 0 Å². The summed E-state index contributed by atoms with van der Waals surface area (Å²) in [6.45, 7) is 6.21. The summed E-state index contributed by atoms with van der Waals surface area (Å²) in [4.78, 5) is 4.22. The van der Waals surface area contributed by atoms with E-state index in [1.54, 1.807) is 20.3 Å². The molecule has 0 radical (unpaired) electrons. The molecule has 132 valence electrons. The van der Waals surface area contributed by atoms with Crippen molar-refractivity contribution >= 4 is 35.6 Å². The number of rotatable bonds is 9. The van der Waals surface area contributed by atoms with E-state index in [0.717, 1.165) is 18.7 Å². The number of benzene rings is 1. The Kier molecular flexibility index (Phi) is 11.6. The summed E-state index contributed by atoms with van der Waals surface area (Å²) in [5.41, 5.74) is 6.63. The first kappa shape index (κ1) is 21.8. The average molecular weight is 437 g/mol. The first-order valence-electron chi connectivity index (χ1n) is 7.43. The zero-order valence-corrected chi connectivity index (χ0v) is 16.6. The molecule has 0 saturated heterocycles. The Labute approximate surface area is 155 Å². The van der Waals surface area contributed by atoms with Gasteiger partial charge in [0.2, 0.25) is 0 Å². The van der Waals surface area contributed by atoms with Crippen LogP contribution in [0.2, 0.25) is 0 Å². The minimum absolute atomic E-state index is 0. The van der Waals surface area contributed by atoms with Crippen molar-refractivity contribution in [3.05, 3.63) is 18.2 Å². The van der Waals surface area contributed by atoms with Gasteiger partial charge in [-0.1, -0.05) is 13.8 Å². The minimum atomic E-state index is 0. The highest BCUT2D eigenvalue weighted by atomic mass is 127. The number of methoxy groups -OCH3 is 2. The Morgan fingerprint density at radius 2 is 1.87 bits per heavy atom. The van der Waals surface area contributed by atoms with Gasteiger partial charge in [0.05, 0.1) is 27.4 Å². The van der Waals surface area contributed by atoms with Crippen molar-refractivity contribution in [1.82, 2.24) is 0 Å². The summed E-state index contributed by atoms with van der Waals surface area (Å²) in [7, 11) is 3.19. The number of halogens is 1. The third kappa shape index (κ3) is 8.85. The quantitative estimate of drug-likeness (QED) is 0.269. The van der Waals surface area contributed by atoms with E-state index in [-0.39, 0.29) is 24.0 Å². The SMILES string of the molecule is COc1ccc(NC(N)=NCCOCCC(C)C)cc1OC.I. The molecule has 0 saturated carbocycles. The maximum absolute atomic E-state index is 5.84. The smallest absolute Gasteiger partial charge is 0.193 e. The number of hydrogen-bond donors (Lipinski definition) is 2. The normalized spacial score (nSPS) is 11.1. The Morgan fingerprint density at radius 1 is 1.17 bits per heavy atom. The van der Waals surface area contributed by atoms with Crippen molar-refractivity contribution in [3.8, 4) is 11.5 Å². The number of guanidine groups is 1. The van der Waals surface area contributed by atoms with E-state index in [4.69, 9.17) is 19.9 Å². The molecule has 0 fully saturated rings. The maximum Gasteiger partial charge on any atom is 0.193 e. The van der Waals surface area contributed by atoms with Gasteiger partial charge in [0.25, 0.3) is 0 Å². The molecule has 0 aliphatic carbocycles. The number of nitrogens with one attached hydrogen (secondary N) is 1. The van der Waals surface area contributed by atoms with Crippen LogP contribution >= 0.6 is 24.0 Å². The monoisotopic (exact) mass is 437 g/mol. The van der Waals surface area contributed by atoms with Gasteiger partial charge >= 0.3 is 0 Å². The van der Waals surface area contributed by atoms with Gasteiger partial charge in [-0.3, -0.25) is 4.99 Å². The lowest BCUT2D eigenvalue weighted by molar-refractivity contribution is 0.131. The maximum atomic E-state index is 5.84. The molecule has 1 aromatic rings.